The van der Waals surface area contributed by atoms with Crippen LogP contribution in [0.15, 0.2) is 85.3 Å². The first kappa shape index (κ1) is 15.1. The molecule has 0 aliphatic carbocycles. The molecule has 2 heterocycles. The van der Waals surface area contributed by atoms with E-state index in [1.807, 2.05) is 59.3 Å². The lowest BCUT2D eigenvalue weighted by molar-refractivity contribution is 0.466. The molecule has 0 bridgehead atoms. The second-order valence-electron chi connectivity index (χ2n) is 5.80. The molecule has 0 unspecified atom stereocenters. The summed E-state index contributed by atoms with van der Waals surface area (Å²) in [4.78, 5) is 8.86. The Labute approximate surface area is 146 Å². The summed E-state index contributed by atoms with van der Waals surface area (Å²) in [6.07, 6.45) is 5.50. The number of benzene rings is 2. The van der Waals surface area contributed by atoms with Crippen molar-refractivity contribution in [1.82, 2.24) is 14.5 Å². The van der Waals surface area contributed by atoms with Gasteiger partial charge in [-0.2, -0.15) is 0 Å². The van der Waals surface area contributed by atoms with Crippen molar-refractivity contribution in [2.75, 3.05) is 0 Å². The second kappa shape index (κ2) is 6.61. The van der Waals surface area contributed by atoms with Crippen LogP contribution in [0.25, 0.3) is 22.6 Å². The van der Waals surface area contributed by atoms with E-state index in [9.17, 15) is 5.11 Å². The predicted molar refractivity (Wildman–Crippen MR) is 98.1 cm³/mol. The van der Waals surface area contributed by atoms with Crippen LogP contribution in [-0.4, -0.2) is 19.6 Å². The van der Waals surface area contributed by atoms with Crippen LogP contribution in [0.3, 0.4) is 0 Å². The lowest BCUT2D eigenvalue weighted by atomic mass is 10.1. The van der Waals surface area contributed by atoms with Gasteiger partial charge in [-0.1, -0.05) is 48.5 Å². The third-order valence-corrected chi connectivity index (χ3v) is 4.15. The van der Waals surface area contributed by atoms with Crippen LogP contribution >= 0.6 is 0 Å². The number of aromatic hydroxyl groups is 1. The Bertz CT molecular complexity index is 975. The Morgan fingerprint density at radius 2 is 1.52 bits per heavy atom. The molecule has 0 aliphatic heterocycles. The van der Waals surface area contributed by atoms with Gasteiger partial charge >= 0.3 is 0 Å². The molecule has 0 saturated carbocycles. The summed E-state index contributed by atoms with van der Waals surface area (Å²) < 4.78 is 2.03. The number of hydrogen-bond donors (Lipinski definition) is 1. The van der Waals surface area contributed by atoms with E-state index in [1.54, 1.807) is 18.5 Å². The van der Waals surface area contributed by atoms with Crippen molar-refractivity contribution in [3.63, 3.8) is 0 Å². The smallest absolute Gasteiger partial charge is 0.140 e. The minimum absolute atomic E-state index is 0.299. The number of phenols is 1. The molecule has 122 valence electrons. The first-order chi connectivity index (χ1) is 12.3. The molecule has 0 radical (unpaired) electrons. The Morgan fingerprint density at radius 3 is 2.28 bits per heavy atom. The van der Waals surface area contributed by atoms with Gasteiger partial charge in [-0.15, -0.1) is 0 Å². The van der Waals surface area contributed by atoms with E-state index in [2.05, 4.69) is 22.1 Å². The summed E-state index contributed by atoms with van der Waals surface area (Å²) >= 11 is 0. The van der Waals surface area contributed by atoms with Crippen LogP contribution in [0.1, 0.15) is 5.56 Å². The molecule has 2 aromatic carbocycles. The van der Waals surface area contributed by atoms with Gasteiger partial charge in [0, 0.05) is 35.3 Å². The Morgan fingerprint density at radius 1 is 0.760 bits per heavy atom. The number of hydrogen-bond acceptors (Lipinski definition) is 3. The highest BCUT2D eigenvalue weighted by molar-refractivity contribution is 5.65. The molecule has 0 saturated heterocycles. The largest absolute Gasteiger partial charge is 0.508 e. The van der Waals surface area contributed by atoms with E-state index < -0.39 is 0 Å². The molecule has 4 heteroatoms. The van der Waals surface area contributed by atoms with Crippen LogP contribution in [-0.2, 0) is 6.54 Å². The summed E-state index contributed by atoms with van der Waals surface area (Å²) in [5, 5.41) is 9.99. The highest BCUT2D eigenvalue weighted by atomic mass is 16.3. The van der Waals surface area contributed by atoms with Gasteiger partial charge in [-0.25, -0.2) is 4.98 Å². The van der Waals surface area contributed by atoms with E-state index in [0.29, 0.717) is 12.3 Å². The van der Waals surface area contributed by atoms with E-state index >= 15 is 0 Å². The fourth-order valence-corrected chi connectivity index (χ4v) is 2.85. The number of imidazole rings is 1. The van der Waals surface area contributed by atoms with Gasteiger partial charge in [0.1, 0.15) is 11.6 Å². The molecule has 0 fully saturated rings. The molecular weight excluding hydrogens is 310 g/mol. The minimum atomic E-state index is 0.299. The molecule has 0 spiro atoms. The Hall–Kier alpha value is -3.40. The second-order valence-corrected chi connectivity index (χ2v) is 5.80. The zero-order valence-electron chi connectivity index (χ0n) is 13.6. The lowest BCUT2D eigenvalue weighted by Crippen LogP contribution is -2.01. The van der Waals surface area contributed by atoms with E-state index in [-0.39, 0.29) is 0 Å². The topological polar surface area (TPSA) is 50.9 Å². The average Bonchev–Trinajstić information content (AvgIpc) is 3.13. The Kier molecular flexibility index (Phi) is 4.01. The maximum absolute atomic E-state index is 9.99. The number of para-hydroxylation sites is 1. The average molecular weight is 327 g/mol. The molecule has 0 atom stereocenters. The van der Waals surface area contributed by atoms with Crippen LogP contribution < -0.4 is 0 Å². The Balaban J connectivity index is 1.63. The van der Waals surface area contributed by atoms with Gasteiger partial charge in [0.25, 0.3) is 0 Å². The molecule has 25 heavy (non-hydrogen) atoms. The monoisotopic (exact) mass is 327 g/mol. The van der Waals surface area contributed by atoms with E-state index in [1.165, 1.54) is 0 Å². The highest BCUT2D eigenvalue weighted by Crippen LogP contribution is 2.24. The molecule has 1 N–H and O–H groups in total. The van der Waals surface area contributed by atoms with Crippen molar-refractivity contribution in [2.45, 2.75) is 6.54 Å². The highest BCUT2D eigenvalue weighted by Gasteiger charge is 2.09. The summed E-state index contributed by atoms with van der Waals surface area (Å²) in [5.41, 5.74) is 3.92. The predicted octanol–water partition coefficient (Wildman–Crippen LogP) is 4.37. The standard InChI is InChI=1S/C21H17N3O/c25-20-7-2-1-5-18(20)15-24-14-13-23-21(24)17-10-8-16(9-11-17)19-6-3-4-12-22-19/h1-14,25H,15H2. The molecule has 4 aromatic rings. The van der Waals surface area contributed by atoms with Gasteiger partial charge < -0.3 is 9.67 Å². The van der Waals surface area contributed by atoms with E-state index in [0.717, 1.165) is 28.2 Å². The number of nitrogens with zero attached hydrogens (tertiary/aromatic N) is 3. The molecule has 4 rings (SSSR count). The van der Waals surface area contributed by atoms with Crippen molar-refractivity contribution in [1.29, 1.82) is 0 Å². The van der Waals surface area contributed by atoms with Crippen LogP contribution in [0.5, 0.6) is 5.75 Å². The van der Waals surface area contributed by atoms with Crippen molar-refractivity contribution in [3.05, 3.63) is 90.9 Å². The van der Waals surface area contributed by atoms with Gasteiger partial charge in [0.05, 0.1) is 12.2 Å². The zero-order chi connectivity index (χ0) is 17.1. The van der Waals surface area contributed by atoms with Crippen molar-refractivity contribution >= 4 is 0 Å². The quantitative estimate of drug-likeness (QED) is 0.606. The third-order valence-electron chi connectivity index (χ3n) is 4.15. The number of aromatic nitrogens is 3. The van der Waals surface area contributed by atoms with Crippen molar-refractivity contribution in [2.24, 2.45) is 0 Å². The van der Waals surface area contributed by atoms with Crippen LogP contribution in [0.4, 0.5) is 0 Å². The lowest BCUT2D eigenvalue weighted by Gasteiger charge is -2.10. The van der Waals surface area contributed by atoms with Gasteiger partial charge in [-0.3, -0.25) is 4.98 Å². The SMILES string of the molecule is Oc1ccccc1Cn1ccnc1-c1ccc(-c2ccccn2)cc1. The summed E-state index contributed by atoms with van der Waals surface area (Å²) in [6.45, 7) is 0.573. The van der Waals surface area contributed by atoms with Gasteiger partial charge in [-0.05, 0) is 18.2 Å². The normalized spacial score (nSPS) is 10.7. The summed E-state index contributed by atoms with van der Waals surface area (Å²) in [5.74, 6) is 1.17. The zero-order valence-corrected chi connectivity index (χ0v) is 13.6. The van der Waals surface area contributed by atoms with Gasteiger partial charge in [0.15, 0.2) is 0 Å². The number of phenolic OH excluding ortho intramolecular Hbond substituents is 1. The van der Waals surface area contributed by atoms with Crippen LogP contribution in [0, 0.1) is 0 Å². The maximum Gasteiger partial charge on any atom is 0.140 e. The maximum atomic E-state index is 9.99. The van der Waals surface area contributed by atoms with Crippen molar-refractivity contribution < 1.29 is 5.11 Å². The summed E-state index contributed by atoms with van der Waals surface area (Å²) in [6, 6.07) is 21.5. The first-order valence-corrected chi connectivity index (χ1v) is 8.11. The van der Waals surface area contributed by atoms with Crippen LogP contribution in [0.2, 0.25) is 0 Å². The van der Waals surface area contributed by atoms with Gasteiger partial charge in [0.2, 0.25) is 0 Å². The molecule has 0 amide bonds. The summed E-state index contributed by atoms with van der Waals surface area (Å²) in [7, 11) is 0. The minimum Gasteiger partial charge on any atom is -0.508 e. The third kappa shape index (κ3) is 3.15. The molecule has 4 nitrogen and oxygen atoms in total. The number of rotatable bonds is 4. The van der Waals surface area contributed by atoms with E-state index in [4.69, 9.17) is 0 Å². The number of pyridine rings is 1. The molecule has 2 aromatic heterocycles. The molecular formula is C21H17N3O. The van der Waals surface area contributed by atoms with Crippen molar-refractivity contribution in [3.8, 4) is 28.4 Å². The fourth-order valence-electron chi connectivity index (χ4n) is 2.85. The fraction of sp³-hybridized carbons (Fsp3) is 0.0476. The first-order valence-electron chi connectivity index (χ1n) is 8.11. The molecule has 0 aliphatic rings.